The summed E-state index contributed by atoms with van der Waals surface area (Å²) >= 11 is 5.84. The van der Waals surface area contributed by atoms with Crippen molar-refractivity contribution in [2.45, 2.75) is 6.42 Å². The van der Waals surface area contributed by atoms with Crippen LogP contribution in [0.25, 0.3) is 0 Å². The quantitative estimate of drug-likeness (QED) is 0.545. The summed E-state index contributed by atoms with van der Waals surface area (Å²) in [5, 5.41) is 14.8. The number of hydrogen-bond acceptors (Lipinski definition) is 6. The van der Waals surface area contributed by atoms with Gasteiger partial charge in [0, 0.05) is 17.6 Å². The van der Waals surface area contributed by atoms with Gasteiger partial charge in [-0.15, -0.1) is 0 Å². The molecule has 27 heavy (non-hydrogen) atoms. The Kier molecular flexibility index (Phi) is 6.84. The van der Waals surface area contributed by atoms with Crippen molar-refractivity contribution in [2.24, 2.45) is 0 Å². The van der Waals surface area contributed by atoms with Crippen LogP contribution in [0.5, 0.6) is 17.2 Å². The smallest absolute Gasteiger partial charge is 0.327 e. The van der Waals surface area contributed by atoms with Gasteiger partial charge in [0.25, 0.3) is 5.91 Å². The van der Waals surface area contributed by atoms with E-state index in [1.54, 1.807) is 12.1 Å². The number of hydrogen-bond donors (Lipinski definition) is 1. The van der Waals surface area contributed by atoms with Crippen LogP contribution in [0.15, 0.2) is 30.3 Å². The number of ether oxygens (including phenoxy) is 3. The largest absolute Gasteiger partial charge is 0.493 e. The summed E-state index contributed by atoms with van der Waals surface area (Å²) in [6.07, 6.45) is 0.543. The van der Waals surface area contributed by atoms with E-state index in [0.717, 1.165) is 5.56 Å². The van der Waals surface area contributed by atoms with Gasteiger partial charge in [0.15, 0.2) is 5.75 Å². The molecular formula is C18H19ClN2O6. The Hall–Kier alpha value is -3.00. The number of carbonyl (C=O) groups excluding carboxylic acids is 1. The standard InChI is InChI=1S/C18H19ClN2O6/c1-25-14-10-13(15(21(23)24)17(27-3)16(14)26-2)18(22)20-9-8-11-4-6-12(19)7-5-11/h4-7,10H,8-9H2,1-3H3,(H,20,22). The summed E-state index contributed by atoms with van der Waals surface area (Å²) in [4.78, 5) is 23.4. The number of carbonyl (C=O) groups is 1. The van der Waals surface area contributed by atoms with E-state index in [1.807, 2.05) is 12.1 Å². The normalized spacial score (nSPS) is 10.2. The fourth-order valence-corrected chi connectivity index (χ4v) is 2.69. The summed E-state index contributed by atoms with van der Waals surface area (Å²) in [7, 11) is 3.95. The monoisotopic (exact) mass is 394 g/mol. The predicted octanol–water partition coefficient (Wildman–Crippen LogP) is 3.25. The van der Waals surface area contributed by atoms with E-state index in [2.05, 4.69) is 5.32 Å². The number of nitrogens with zero attached hydrogens (tertiary/aromatic N) is 1. The number of halogens is 1. The van der Waals surface area contributed by atoms with Crippen molar-refractivity contribution in [1.29, 1.82) is 0 Å². The average Bonchev–Trinajstić information content (AvgIpc) is 2.67. The Labute approximate surface area is 161 Å². The Morgan fingerprint density at radius 3 is 2.26 bits per heavy atom. The summed E-state index contributed by atoms with van der Waals surface area (Å²) in [6.45, 7) is 0.286. The minimum Gasteiger partial charge on any atom is -0.493 e. The van der Waals surface area contributed by atoms with Gasteiger partial charge in [-0.3, -0.25) is 14.9 Å². The van der Waals surface area contributed by atoms with Crippen molar-refractivity contribution in [3.05, 3.63) is 56.6 Å². The maximum absolute atomic E-state index is 12.6. The summed E-state index contributed by atoms with van der Waals surface area (Å²) in [5.41, 5.74) is 0.309. The lowest BCUT2D eigenvalue weighted by Gasteiger charge is -2.15. The molecule has 0 saturated carbocycles. The molecule has 2 aromatic rings. The second-order valence-electron chi connectivity index (χ2n) is 5.43. The van der Waals surface area contributed by atoms with Gasteiger partial charge >= 0.3 is 5.69 Å². The lowest BCUT2D eigenvalue weighted by molar-refractivity contribution is -0.386. The molecule has 0 atom stereocenters. The van der Waals surface area contributed by atoms with Gasteiger partial charge in [-0.25, -0.2) is 0 Å². The van der Waals surface area contributed by atoms with Crippen LogP contribution in [-0.4, -0.2) is 38.7 Å². The predicted molar refractivity (Wildman–Crippen MR) is 100 cm³/mol. The Balaban J connectivity index is 2.28. The maximum Gasteiger partial charge on any atom is 0.327 e. The number of nitrogens with one attached hydrogen (secondary N) is 1. The summed E-state index contributed by atoms with van der Waals surface area (Å²) in [5.74, 6) is -0.591. The van der Waals surface area contributed by atoms with E-state index in [0.29, 0.717) is 11.4 Å². The molecule has 0 bridgehead atoms. The van der Waals surface area contributed by atoms with E-state index in [4.69, 9.17) is 25.8 Å². The SMILES string of the molecule is COc1cc(C(=O)NCCc2ccc(Cl)cc2)c([N+](=O)[O-])c(OC)c1OC. The van der Waals surface area contributed by atoms with Gasteiger partial charge in [0.05, 0.1) is 26.3 Å². The zero-order valence-corrected chi connectivity index (χ0v) is 15.8. The van der Waals surface area contributed by atoms with Crippen LogP contribution in [0, 0.1) is 10.1 Å². The van der Waals surface area contributed by atoms with Gasteiger partial charge in [0.2, 0.25) is 11.5 Å². The van der Waals surface area contributed by atoms with Gasteiger partial charge in [-0.1, -0.05) is 23.7 Å². The topological polar surface area (TPSA) is 99.9 Å². The van der Waals surface area contributed by atoms with Crippen LogP contribution in [-0.2, 0) is 6.42 Å². The van der Waals surface area contributed by atoms with Crippen molar-refractivity contribution in [3.8, 4) is 17.2 Å². The van der Waals surface area contributed by atoms with Crippen LogP contribution in [0.3, 0.4) is 0 Å². The second-order valence-corrected chi connectivity index (χ2v) is 5.87. The molecule has 1 N–H and O–H groups in total. The first-order valence-corrected chi connectivity index (χ1v) is 8.30. The molecule has 2 rings (SSSR count). The van der Waals surface area contributed by atoms with Crippen LogP contribution in [0.2, 0.25) is 5.02 Å². The Morgan fingerprint density at radius 1 is 1.11 bits per heavy atom. The van der Waals surface area contributed by atoms with E-state index >= 15 is 0 Å². The third-order valence-electron chi connectivity index (χ3n) is 3.84. The zero-order valence-electron chi connectivity index (χ0n) is 15.1. The first kappa shape index (κ1) is 20.3. The highest BCUT2D eigenvalue weighted by Crippen LogP contribution is 2.46. The lowest BCUT2D eigenvalue weighted by Crippen LogP contribution is -2.26. The second kappa shape index (κ2) is 9.09. The fourth-order valence-electron chi connectivity index (χ4n) is 2.56. The van der Waals surface area contributed by atoms with Gasteiger partial charge in [-0.2, -0.15) is 0 Å². The minimum absolute atomic E-state index is 0.0458. The number of nitro benzene ring substituents is 1. The van der Waals surface area contributed by atoms with Crippen LogP contribution in [0.4, 0.5) is 5.69 Å². The summed E-state index contributed by atoms with van der Waals surface area (Å²) < 4.78 is 15.4. The molecule has 0 saturated heterocycles. The van der Waals surface area contributed by atoms with Crippen LogP contribution in [0.1, 0.15) is 15.9 Å². The highest BCUT2D eigenvalue weighted by molar-refractivity contribution is 6.30. The molecule has 0 aliphatic carbocycles. The van der Waals surface area contributed by atoms with Crippen LogP contribution < -0.4 is 19.5 Å². The minimum atomic E-state index is -0.686. The molecule has 0 unspecified atom stereocenters. The van der Waals surface area contributed by atoms with Crippen molar-refractivity contribution in [3.63, 3.8) is 0 Å². The number of amides is 1. The van der Waals surface area contributed by atoms with E-state index in [9.17, 15) is 14.9 Å². The highest BCUT2D eigenvalue weighted by Gasteiger charge is 2.32. The number of benzene rings is 2. The molecule has 0 radical (unpaired) electrons. The van der Waals surface area contributed by atoms with E-state index in [-0.39, 0.29) is 29.4 Å². The van der Waals surface area contributed by atoms with Gasteiger partial charge in [0.1, 0.15) is 5.56 Å². The molecule has 1 amide bonds. The summed E-state index contributed by atoms with van der Waals surface area (Å²) in [6, 6.07) is 8.45. The van der Waals surface area contributed by atoms with Gasteiger partial charge in [-0.05, 0) is 24.1 Å². The van der Waals surface area contributed by atoms with Crippen LogP contribution >= 0.6 is 11.6 Å². The molecule has 0 spiro atoms. The zero-order chi connectivity index (χ0) is 20.0. The fraction of sp³-hybridized carbons (Fsp3) is 0.278. The third-order valence-corrected chi connectivity index (χ3v) is 4.10. The molecule has 0 heterocycles. The molecule has 0 aromatic heterocycles. The molecule has 2 aromatic carbocycles. The molecule has 0 fully saturated rings. The van der Waals surface area contributed by atoms with Gasteiger partial charge < -0.3 is 19.5 Å². The molecule has 0 aliphatic heterocycles. The Bertz CT molecular complexity index is 839. The van der Waals surface area contributed by atoms with Crippen molar-refractivity contribution < 1.29 is 23.9 Å². The van der Waals surface area contributed by atoms with E-state index in [1.165, 1.54) is 27.4 Å². The molecular weight excluding hydrogens is 376 g/mol. The first-order valence-electron chi connectivity index (χ1n) is 7.92. The highest BCUT2D eigenvalue weighted by atomic mass is 35.5. The average molecular weight is 395 g/mol. The van der Waals surface area contributed by atoms with Crippen molar-refractivity contribution in [2.75, 3.05) is 27.9 Å². The maximum atomic E-state index is 12.6. The van der Waals surface area contributed by atoms with Crippen molar-refractivity contribution in [1.82, 2.24) is 5.32 Å². The number of rotatable bonds is 8. The number of nitro groups is 1. The molecule has 0 aliphatic rings. The van der Waals surface area contributed by atoms with Crippen molar-refractivity contribution >= 4 is 23.2 Å². The third kappa shape index (κ3) is 4.59. The lowest BCUT2D eigenvalue weighted by atomic mass is 10.1. The number of methoxy groups -OCH3 is 3. The van der Waals surface area contributed by atoms with E-state index < -0.39 is 16.5 Å². The first-order chi connectivity index (χ1) is 12.9. The molecule has 9 heteroatoms. The molecule has 144 valence electrons. The Morgan fingerprint density at radius 2 is 1.74 bits per heavy atom. The molecule has 8 nitrogen and oxygen atoms in total.